The fourth-order valence-electron chi connectivity index (χ4n) is 2.61. The number of nitro benzene ring substituents is 1. The Morgan fingerprint density at radius 3 is 2.67 bits per heavy atom. The standard InChI is InChI=1S/C17H24N4O6/c1-12(19(2)11-16(22)20-6-8-27-9-7-20)17(23)18-14-10-13(21(24)25)4-5-15(14)26-3/h4-5,10,12H,6-9,11H2,1-3H3,(H,18,23)/t12-/m0/s1. The van der Waals surface area contributed by atoms with E-state index in [0.717, 1.165) is 0 Å². The van der Waals surface area contributed by atoms with Crippen LogP contribution >= 0.6 is 0 Å². The third kappa shape index (κ3) is 5.38. The van der Waals surface area contributed by atoms with Gasteiger partial charge in [-0.1, -0.05) is 0 Å². The molecule has 148 valence electrons. The maximum Gasteiger partial charge on any atom is 0.271 e. The zero-order valence-corrected chi connectivity index (χ0v) is 15.6. The van der Waals surface area contributed by atoms with Crippen LogP contribution in [0.15, 0.2) is 18.2 Å². The third-order valence-corrected chi connectivity index (χ3v) is 4.44. The van der Waals surface area contributed by atoms with E-state index in [1.54, 1.807) is 23.8 Å². The van der Waals surface area contributed by atoms with E-state index >= 15 is 0 Å². The van der Waals surface area contributed by atoms with Crippen molar-refractivity contribution in [2.45, 2.75) is 13.0 Å². The Kier molecular flexibility index (Phi) is 7.08. The molecule has 1 saturated heterocycles. The van der Waals surface area contributed by atoms with Crippen LogP contribution in [0.1, 0.15) is 6.92 Å². The Morgan fingerprint density at radius 1 is 1.41 bits per heavy atom. The first kappa shape index (κ1) is 20.6. The van der Waals surface area contributed by atoms with E-state index in [0.29, 0.717) is 32.1 Å². The van der Waals surface area contributed by atoms with Crippen molar-refractivity contribution in [3.8, 4) is 5.75 Å². The molecule has 0 bridgehead atoms. The molecule has 1 aliphatic rings. The molecule has 0 aliphatic carbocycles. The Bertz CT molecular complexity index is 705. The predicted molar refractivity (Wildman–Crippen MR) is 97.8 cm³/mol. The maximum absolute atomic E-state index is 12.5. The number of hydrogen-bond acceptors (Lipinski definition) is 7. The summed E-state index contributed by atoms with van der Waals surface area (Å²) in [6.07, 6.45) is 0. The number of methoxy groups -OCH3 is 1. The molecule has 1 aromatic carbocycles. The normalized spacial score (nSPS) is 15.3. The molecule has 0 aromatic heterocycles. The molecule has 10 heteroatoms. The Labute approximate surface area is 157 Å². The number of morpholine rings is 1. The number of nitro groups is 1. The zero-order chi connectivity index (χ0) is 20.0. The van der Waals surface area contributed by atoms with Crippen LogP contribution in [0, 0.1) is 10.1 Å². The Hall–Kier alpha value is -2.72. The van der Waals surface area contributed by atoms with Crippen molar-refractivity contribution >= 4 is 23.2 Å². The van der Waals surface area contributed by atoms with Gasteiger partial charge in [0.25, 0.3) is 5.69 Å². The molecule has 0 unspecified atom stereocenters. The maximum atomic E-state index is 12.5. The topological polar surface area (TPSA) is 114 Å². The smallest absolute Gasteiger partial charge is 0.271 e. The highest BCUT2D eigenvalue weighted by Crippen LogP contribution is 2.29. The highest BCUT2D eigenvalue weighted by atomic mass is 16.6. The van der Waals surface area contributed by atoms with Crippen molar-refractivity contribution in [3.63, 3.8) is 0 Å². The molecule has 0 radical (unpaired) electrons. The second kappa shape index (κ2) is 9.28. The van der Waals surface area contributed by atoms with E-state index in [2.05, 4.69) is 5.32 Å². The van der Waals surface area contributed by atoms with E-state index < -0.39 is 16.9 Å². The summed E-state index contributed by atoms with van der Waals surface area (Å²) in [7, 11) is 3.08. The van der Waals surface area contributed by atoms with Crippen LogP contribution in [0.5, 0.6) is 5.75 Å². The summed E-state index contributed by atoms with van der Waals surface area (Å²) in [5.74, 6) is -0.160. The van der Waals surface area contributed by atoms with E-state index in [-0.39, 0.29) is 23.8 Å². The number of amides is 2. The number of anilines is 1. The Morgan fingerprint density at radius 2 is 2.07 bits per heavy atom. The first-order chi connectivity index (χ1) is 12.8. The van der Waals surface area contributed by atoms with E-state index in [1.165, 1.54) is 25.3 Å². The van der Waals surface area contributed by atoms with Crippen molar-refractivity contribution in [2.75, 3.05) is 52.3 Å². The lowest BCUT2D eigenvalue weighted by Gasteiger charge is -2.30. The van der Waals surface area contributed by atoms with Crippen LogP contribution in [0.2, 0.25) is 0 Å². The number of rotatable bonds is 7. The lowest BCUT2D eigenvalue weighted by Crippen LogP contribution is -2.48. The Balaban J connectivity index is 2.00. The van der Waals surface area contributed by atoms with Crippen molar-refractivity contribution in [2.24, 2.45) is 0 Å². The minimum Gasteiger partial charge on any atom is -0.495 e. The van der Waals surface area contributed by atoms with E-state index in [4.69, 9.17) is 9.47 Å². The molecule has 27 heavy (non-hydrogen) atoms. The van der Waals surface area contributed by atoms with Crippen LogP contribution in [0.25, 0.3) is 0 Å². The second-order valence-electron chi connectivity index (χ2n) is 6.22. The number of non-ortho nitro benzene ring substituents is 1. The van der Waals surface area contributed by atoms with Gasteiger partial charge < -0.3 is 19.7 Å². The van der Waals surface area contributed by atoms with Gasteiger partial charge in [-0.05, 0) is 20.0 Å². The first-order valence-electron chi connectivity index (χ1n) is 8.52. The summed E-state index contributed by atoms with van der Waals surface area (Å²) in [4.78, 5) is 38.6. The minimum atomic E-state index is -0.626. The molecule has 1 heterocycles. The first-order valence-corrected chi connectivity index (χ1v) is 8.52. The summed E-state index contributed by atoms with van der Waals surface area (Å²) >= 11 is 0. The molecule has 2 amide bonds. The van der Waals surface area contributed by atoms with Gasteiger partial charge in [0.05, 0.1) is 43.5 Å². The molecule has 1 aliphatic heterocycles. The summed E-state index contributed by atoms with van der Waals surface area (Å²) < 4.78 is 10.4. The van der Waals surface area contributed by atoms with Gasteiger partial charge in [0.15, 0.2) is 0 Å². The fraction of sp³-hybridized carbons (Fsp3) is 0.529. The van der Waals surface area contributed by atoms with Crippen LogP contribution in [0.4, 0.5) is 11.4 Å². The van der Waals surface area contributed by atoms with Crippen molar-refractivity contribution in [1.82, 2.24) is 9.80 Å². The van der Waals surface area contributed by atoms with Gasteiger partial charge in [-0.15, -0.1) is 0 Å². The molecule has 2 rings (SSSR count). The molecule has 0 saturated carbocycles. The lowest BCUT2D eigenvalue weighted by atomic mass is 10.2. The number of benzene rings is 1. The molecule has 1 fully saturated rings. The summed E-state index contributed by atoms with van der Waals surface area (Å²) in [6, 6.07) is 3.33. The van der Waals surface area contributed by atoms with Gasteiger partial charge in [0.2, 0.25) is 11.8 Å². The van der Waals surface area contributed by atoms with Crippen LogP contribution in [-0.4, -0.2) is 79.6 Å². The van der Waals surface area contributed by atoms with Crippen LogP contribution in [0.3, 0.4) is 0 Å². The molecule has 0 spiro atoms. The zero-order valence-electron chi connectivity index (χ0n) is 15.6. The quantitative estimate of drug-likeness (QED) is 0.547. The molecule has 1 N–H and O–H groups in total. The number of carbonyl (C=O) groups excluding carboxylic acids is 2. The third-order valence-electron chi connectivity index (χ3n) is 4.44. The second-order valence-corrected chi connectivity index (χ2v) is 6.22. The predicted octanol–water partition coefficient (Wildman–Crippen LogP) is 0.721. The minimum absolute atomic E-state index is 0.0756. The van der Waals surface area contributed by atoms with E-state index in [9.17, 15) is 19.7 Å². The van der Waals surface area contributed by atoms with Gasteiger partial charge in [-0.3, -0.25) is 24.6 Å². The van der Waals surface area contributed by atoms with Gasteiger partial charge in [-0.2, -0.15) is 0 Å². The van der Waals surface area contributed by atoms with Crippen molar-refractivity contribution in [1.29, 1.82) is 0 Å². The average Bonchev–Trinajstić information content (AvgIpc) is 2.67. The van der Waals surface area contributed by atoms with Gasteiger partial charge >= 0.3 is 0 Å². The lowest BCUT2D eigenvalue weighted by molar-refractivity contribution is -0.384. The summed E-state index contributed by atoms with van der Waals surface area (Å²) in [5, 5.41) is 13.6. The number of nitrogens with one attached hydrogen (secondary N) is 1. The van der Waals surface area contributed by atoms with Gasteiger partial charge in [0.1, 0.15) is 5.75 Å². The van der Waals surface area contributed by atoms with Crippen LogP contribution < -0.4 is 10.1 Å². The number of likely N-dealkylation sites (N-methyl/N-ethyl adjacent to an activating group) is 1. The molecular formula is C17H24N4O6. The number of hydrogen-bond donors (Lipinski definition) is 1. The highest BCUT2D eigenvalue weighted by molar-refractivity contribution is 5.96. The molecule has 1 aromatic rings. The number of carbonyl (C=O) groups is 2. The van der Waals surface area contributed by atoms with Crippen LogP contribution in [-0.2, 0) is 14.3 Å². The van der Waals surface area contributed by atoms with Gasteiger partial charge in [0, 0.05) is 25.2 Å². The van der Waals surface area contributed by atoms with Crippen molar-refractivity contribution < 1.29 is 24.0 Å². The number of ether oxygens (including phenoxy) is 2. The monoisotopic (exact) mass is 380 g/mol. The van der Waals surface area contributed by atoms with Gasteiger partial charge in [-0.25, -0.2) is 0 Å². The number of nitrogens with zero attached hydrogens (tertiary/aromatic N) is 3. The highest BCUT2D eigenvalue weighted by Gasteiger charge is 2.25. The van der Waals surface area contributed by atoms with Crippen molar-refractivity contribution in [3.05, 3.63) is 28.3 Å². The molecular weight excluding hydrogens is 356 g/mol. The summed E-state index contributed by atoms with van der Waals surface area (Å²) in [5.41, 5.74) is 0.0473. The largest absolute Gasteiger partial charge is 0.495 e. The van der Waals surface area contributed by atoms with E-state index in [1.807, 2.05) is 0 Å². The summed E-state index contributed by atoms with van der Waals surface area (Å²) in [6.45, 7) is 3.85. The molecule has 10 nitrogen and oxygen atoms in total. The SMILES string of the molecule is COc1ccc([N+](=O)[O-])cc1NC(=O)[C@H](C)N(C)CC(=O)N1CCOCC1. The molecule has 1 atom stereocenters. The fourth-order valence-corrected chi connectivity index (χ4v) is 2.61. The average molecular weight is 380 g/mol.